The van der Waals surface area contributed by atoms with Crippen LogP contribution in [-0.4, -0.2) is 31.8 Å². The maximum atomic E-state index is 12.7. The summed E-state index contributed by atoms with van der Waals surface area (Å²) < 4.78 is 36.4. The van der Waals surface area contributed by atoms with Crippen molar-refractivity contribution in [2.75, 3.05) is 13.2 Å². The van der Waals surface area contributed by atoms with Crippen LogP contribution in [0.5, 0.6) is 0 Å². The van der Waals surface area contributed by atoms with Gasteiger partial charge in [-0.1, -0.05) is 18.2 Å². The van der Waals surface area contributed by atoms with Crippen molar-refractivity contribution < 1.29 is 22.4 Å². The fraction of sp³-hybridized carbons (Fsp3) is 0.267. The summed E-state index contributed by atoms with van der Waals surface area (Å²) in [5.41, 5.74) is 0. The zero-order valence-electron chi connectivity index (χ0n) is 12.1. The molecule has 7 heteroatoms. The minimum Gasteiger partial charge on any atom is -0.468 e. The summed E-state index contributed by atoms with van der Waals surface area (Å²) in [5, 5.41) is 0. The number of nitrogens with zero attached hydrogens (tertiary/aromatic N) is 1. The van der Waals surface area contributed by atoms with Crippen molar-refractivity contribution in [3.63, 3.8) is 0 Å². The third kappa shape index (κ3) is 3.96. The van der Waals surface area contributed by atoms with Gasteiger partial charge in [0.15, 0.2) is 0 Å². The second kappa shape index (κ2) is 7.24. The van der Waals surface area contributed by atoms with Gasteiger partial charge < -0.3 is 9.15 Å². The molecule has 0 fully saturated rings. The van der Waals surface area contributed by atoms with E-state index in [1.54, 1.807) is 37.3 Å². The van der Waals surface area contributed by atoms with Gasteiger partial charge in [0.25, 0.3) is 0 Å². The first-order chi connectivity index (χ1) is 10.5. The number of hydrogen-bond donors (Lipinski definition) is 0. The lowest BCUT2D eigenvalue weighted by molar-refractivity contribution is -0.143. The topological polar surface area (TPSA) is 76.8 Å². The van der Waals surface area contributed by atoms with Crippen LogP contribution in [0, 0.1) is 0 Å². The first-order valence-electron chi connectivity index (χ1n) is 6.77. The molecule has 0 aliphatic carbocycles. The molecule has 1 aromatic carbocycles. The van der Waals surface area contributed by atoms with E-state index in [4.69, 9.17) is 9.15 Å². The van der Waals surface area contributed by atoms with Crippen LogP contribution in [0.4, 0.5) is 0 Å². The Bertz CT molecular complexity index is 695. The Kier molecular flexibility index (Phi) is 5.35. The van der Waals surface area contributed by atoms with Crippen LogP contribution in [0.2, 0.25) is 0 Å². The molecule has 1 aromatic heterocycles. The number of sulfonamides is 1. The minimum absolute atomic E-state index is 0.0386. The smallest absolute Gasteiger partial charge is 0.321 e. The maximum absolute atomic E-state index is 12.7. The summed E-state index contributed by atoms with van der Waals surface area (Å²) >= 11 is 0. The van der Waals surface area contributed by atoms with Gasteiger partial charge in [-0.15, -0.1) is 0 Å². The fourth-order valence-electron chi connectivity index (χ4n) is 1.89. The summed E-state index contributed by atoms with van der Waals surface area (Å²) in [7, 11) is -3.82. The summed E-state index contributed by atoms with van der Waals surface area (Å²) in [6.07, 6.45) is 1.45. The molecule has 0 aliphatic rings. The number of ether oxygens (including phenoxy) is 1. The lowest BCUT2D eigenvalue weighted by Gasteiger charge is -2.20. The highest BCUT2D eigenvalue weighted by molar-refractivity contribution is 7.89. The summed E-state index contributed by atoms with van der Waals surface area (Å²) in [6.45, 7) is 1.45. The highest BCUT2D eigenvalue weighted by Crippen LogP contribution is 2.18. The number of benzene rings is 1. The molecule has 0 unspecified atom stereocenters. The van der Waals surface area contributed by atoms with Gasteiger partial charge in [0.1, 0.15) is 12.3 Å². The molecule has 2 rings (SSSR count). The zero-order valence-corrected chi connectivity index (χ0v) is 13.0. The number of rotatable bonds is 7. The number of carbonyl (C=O) groups is 1. The Hall–Kier alpha value is -2.12. The Balaban J connectivity index is 2.28. The van der Waals surface area contributed by atoms with Crippen LogP contribution in [0.1, 0.15) is 12.7 Å². The molecule has 1 heterocycles. The van der Waals surface area contributed by atoms with Crippen LogP contribution < -0.4 is 0 Å². The molecule has 0 spiro atoms. The van der Waals surface area contributed by atoms with Gasteiger partial charge >= 0.3 is 5.97 Å². The van der Waals surface area contributed by atoms with Crippen molar-refractivity contribution in [1.82, 2.24) is 4.31 Å². The van der Waals surface area contributed by atoms with E-state index in [1.807, 2.05) is 0 Å². The van der Waals surface area contributed by atoms with Gasteiger partial charge in [-0.05, 0) is 31.2 Å². The van der Waals surface area contributed by atoms with Gasteiger partial charge in [-0.2, -0.15) is 4.31 Å². The van der Waals surface area contributed by atoms with E-state index in [-0.39, 0.29) is 24.6 Å². The molecule has 0 radical (unpaired) electrons. The van der Waals surface area contributed by atoms with Crippen molar-refractivity contribution in [3.8, 4) is 0 Å². The average Bonchev–Trinajstić information content (AvgIpc) is 3.01. The highest BCUT2D eigenvalue weighted by atomic mass is 32.2. The molecule has 0 saturated carbocycles. The summed E-state index contributed by atoms with van der Waals surface area (Å²) in [6, 6.07) is 11.3. The number of carbonyl (C=O) groups excluding carboxylic acids is 1. The number of esters is 1. The standard InChI is InChI=1S/C15H17NO5S/c1-2-20-15(17)12-16(11-13-7-6-10-21-13)22(18,19)14-8-4-3-5-9-14/h3-10H,2,11-12H2,1H3. The van der Waals surface area contributed by atoms with E-state index in [1.165, 1.54) is 18.4 Å². The van der Waals surface area contributed by atoms with E-state index >= 15 is 0 Å². The SMILES string of the molecule is CCOC(=O)CN(Cc1ccco1)S(=O)(=O)c1ccccc1. The van der Waals surface area contributed by atoms with E-state index in [2.05, 4.69) is 0 Å². The quantitative estimate of drug-likeness (QED) is 0.729. The second-order valence-corrected chi connectivity index (χ2v) is 6.41. The predicted octanol–water partition coefficient (Wildman–Crippen LogP) is 2.03. The Morgan fingerprint density at radius 1 is 1.18 bits per heavy atom. The summed E-state index contributed by atoms with van der Waals surface area (Å²) in [5.74, 6) is -0.155. The normalized spacial score (nSPS) is 11.5. The van der Waals surface area contributed by atoms with E-state index in [9.17, 15) is 13.2 Å². The van der Waals surface area contributed by atoms with Gasteiger partial charge in [0, 0.05) is 0 Å². The molecule has 0 bridgehead atoms. The summed E-state index contributed by atoms with van der Waals surface area (Å²) in [4.78, 5) is 11.8. The van der Waals surface area contributed by atoms with Gasteiger partial charge in [-0.3, -0.25) is 4.79 Å². The third-order valence-electron chi connectivity index (χ3n) is 2.90. The van der Waals surface area contributed by atoms with E-state index in [0.29, 0.717) is 5.76 Å². The lowest BCUT2D eigenvalue weighted by Crippen LogP contribution is -2.36. The molecular weight excluding hydrogens is 306 g/mol. The minimum atomic E-state index is -3.82. The number of furan rings is 1. The van der Waals surface area contributed by atoms with Gasteiger partial charge in [0.2, 0.25) is 10.0 Å². The molecule has 0 saturated heterocycles. The van der Waals surface area contributed by atoms with Crippen molar-refractivity contribution in [2.24, 2.45) is 0 Å². The van der Waals surface area contributed by atoms with Crippen LogP contribution in [-0.2, 0) is 26.1 Å². The fourth-order valence-corrected chi connectivity index (χ4v) is 3.27. The maximum Gasteiger partial charge on any atom is 0.321 e. The largest absolute Gasteiger partial charge is 0.468 e. The monoisotopic (exact) mass is 323 g/mol. The Labute approximate surface area is 129 Å². The van der Waals surface area contributed by atoms with Crippen LogP contribution >= 0.6 is 0 Å². The lowest BCUT2D eigenvalue weighted by atomic mass is 10.4. The molecule has 118 valence electrons. The van der Waals surface area contributed by atoms with Crippen molar-refractivity contribution in [2.45, 2.75) is 18.4 Å². The van der Waals surface area contributed by atoms with Gasteiger partial charge in [-0.25, -0.2) is 8.42 Å². The van der Waals surface area contributed by atoms with Crippen LogP contribution in [0.25, 0.3) is 0 Å². The molecule has 0 amide bonds. The number of hydrogen-bond acceptors (Lipinski definition) is 5. The molecule has 6 nitrogen and oxygen atoms in total. The van der Waals surface area contributed by atoms with Gasteiger partial charge in [0.05, 0.1) is 24.3 Å². The predicted molar refractivity (Wildman–Crippen MR) is 79.4 cm³/mol. The molecule has 0 N–H and O–H groups in total. The molecule has 0 atom stereocenters. The Morgan fingerprint density at radius 3 is 2.50 bits per heavy atom. The Morgan fingerprint density at radius 2 is 1.91 bits per heavy atom. The van der Waals surface area contributed by atoms with Crippen molar-refractivity contribution in [3.05, 3.63) is 54.5 Å². The molecule has 0 aliphatic heterocycles. The molecule has 22 heavy (non-hydrogen) atoms. The second-order valence-electron chi connectivity index (χ2n) is 4.47. The van der Waals surface area contributed by atoms with Crippen molar-refractivity contribution in [1.29, 1.82) is 0 Å². The zero-order chi connectivity index (χ0) is 16.0. The van der Waals surface area contributed by atoms with E-state index in [0.717, 1.165) is 4.31 Å². The average molecular weight is 323 g/mol. The van der Waals surface area contributed by atoms with Crippen molar-refractivity contribution >= 4 is 16.0 Å². The first-order valence-corrected chi connectivity index (χ1v) is 8.21. The molecule has 2 aromatic rings. The van der Waals surface area contributed by atoms with Crippen LogP contribution in [0.3, 0.4) is 0 Å². The molecular formula is C15H17NO5S. The first kappa shape index (κ1) is 16.3. The van der Waals surface area contributed by atoms with E-state index < -0.39 is 16.0 Å². The highest BCUT2D eigenvalue weighted by Gasteiger charge is 2.28. The van der Waals surface area contributed by atoms with Crippen LogP contribution in [0.15, 0.2) is 58.0 Å². The third-order valence-corrected chi connectivity index (χ3v) is 4.71.